The van der Waals surface area contributed by atoms with Gasteiger partial charge in [-0.1, -0.05) is 32.2 Å². The summed E-state index contributed by atoms with van der Waals surface area (Å²) in [5, 5.41) is 6.86. The minimum absolute atomic E-state index is 0.0343. The van der Waals surface area contributed by atoms with Gasteiger partial charge in [-0.2, -0.15) is 0 Å². The third kappa shape index (κ3) is 8.53. The molecule has 0 radical (unpaired) electrons. The maximum atomic E-state index is 15.1. The topological polar surface area (TPSA) is 88.2 Å². The van der Waals surface area contributed by atoms with Crippen molar-refractivity contribution in [3.8, 4) is 5.75 Å². The number of nitrogens with one attached hydrogen (secondary N) is 3. The van der Waals surface area contributed by atoms with Crippen molar-refractivity contribution in [1.29, 1.82) is 0 Å². The molecule has 3 N–H and O–H groups in total. The molecule has 2 fully saturated rings. The number of aromatic nitrogens is 2. The highest BCUT2D eigenvalue weighted by Crippen LogP contribution is 2.40. The van der Waals surface area contributed by atoms with Gasteiger partial charge in [0, 0.05) is 36.5 Å². The van der Waals surface area contributed by atoms with E-state index in [1.54, 1.807) is 12.3 Å². The molecule has 1 saturated carbocycles. The van der Waals surface area contributed by atoms with Crippen LogP contribution >= 0.6 is 11.8 Å². The fourth-order valence-corrected chi connectivity index (χ4v) is 6.46. The lowest BCUT2D eigenvalue weighted by molar-refractivity contribution is 0.353. The summed E-state index contributed by atoms with van der Waals surface area (Å²) < 4.78 is 36.9. The summed E-state index contributed by atoms with van der Waals surface area (Å²) in [5.74, 6) is 2.26. The summed E-state index contributed by atoms with van der Waals surface area (Å²) in [4.78, 5) is 11.0. The number of allylic oxidation sites excluding steroid dienone is 2. The second-order valence-corrected chi connectivity index (χ2v) is 13.1. The predicted molar refractivity (Wildman–Crippen MR) is 161 cm³/mol. The number of nitrogens with zero attached hydrogens (tertiary/aromatic N) is 2. The minimum Gasteiger partial charge on any atom is -0.460 e. The standard InChI is InChI=1S/C29H40FN5O2S2/c1-6-19(4)27(37-26-15-23(30)25(14-20(26)5)35-39(36)17-21-9-10-21)28(38-18(2)3)24-11-13-32-29(34-24)33-22-8-7-12-31-16-22/h11,13-15,19,21-22,31,35H,2,6-10,12,16-17H2,1,3-5H3,(H,32,33,34)/b28-27+. The molecule has 10 heteroatoms. The highest BCUT2D eigenvalue weighted by atomic mass is 32.2. The number of rotatable bonds is 13. The normalized spacial score (nSPS) is 19.6. The Balaban J connectivity index is 1.65. The summed E-state index contributed by atoms with van der Waals surface area (Å²) in [7, 11) is -1.30. The quantitative estimate of drug-likeness (QED) is 0.232. The number of thioether (sulfide) groups is 1. The van der Waals surface area contributed by atoms with E-state index in [0.717, 1.165) is 66.3 Å². The van der Waals surface area contributed by atoms with Crippen LogP contribution in [0, 0.1) is 24.6 Å². The molecule has 0 spiro atoms. The van der Waals surface area contributed by atoms with Crippen molar-refractivity contribution >= 4 is 39.3 Å². The van der Waals surface area contributed by atoms with Crippen molar-refractivity contribution in [2.24, 2.45) is 11.8 Å². The van der Waals surface area contributed by atoms with E-state index in [2.05, 4.69) is 40.8 Å². The van der Waals surface area contributed by atoms with Gasteiger partial charge in [0.25, 0.3) is 0 Å². The van der Waals surface area contributed by atoms with Crippen molar-refractivity contribution in [3.63, 3.8) is 0 Å². The van der Waals surface area contributed by atoms with E-state index in [1.807, 2.05) is 19.9 Å². The van der Waals surface area contributed by atoms with E-state index in [4.69, 9.17) is 9.72 Å². The van der Waals surface area contributed by atoms with Crippen LogP contribution in [-0.2, 0) is 11.0 Å². The molecule has 2 heterocycles. The van der Waals surface area contributed by atoms with Gasteiger partial charge in [-0.25, -0.2) is 18.6 Å². The Labute approximate surface area is 238 Å². The van der Waals surface area contributed by atoms with Crippen LogP contribution in [0.15, 0.2) is 41.6 Å². The lowest BCUT2D eigenvalue weighted by Crippen LogP contribution is -2.38. The van der Waals surface area contributed by atoms with Gasteiger partial charge in [0.05, 0.1) is 16.3 Å². The largest absolute Gasteiger partial charge is 0.460 e. The third-order valence-electron chi connectivity index (χ3n) is 6.87. The van der Waals surface area contributed by atoms with Gasteiger partial charge in [0.15, 0.2) is 5.82 Å². The highest BCUT2D eigenvalue weighted by Gasteiger charge is 2.25. The molecule has 4 rings (SSSR count). The van der Waals surface area contributed by atoms with E-state index in [0.29, 0.717) is 29.1 Å². The van der Waals surface area contributed by atoms with Gasteiger partial charge in [0.1, 0.15) is 22.5 Å². The van der Waals surface area contributed by atoms with Crippen LogP contribution in [0.5, 0.6) is 5.75 Å². The molecular formula is C29H40FN5O2S2. The third-order valence-corrected chi connectivity index (χ3v) is 9.06. The molecule has 0 amide bonds. The minimum atomic E-state index is -1.30. The molecule has 2 aromatic rings. The van der Waals surface area contributed by atoms with Gasteiger partial charge < -0.3 is 20.1 Å². The van der Waals surface area contributed by atoms with Crippen LogP contribution in [0.3, 0.4) is 0 Å². The molecule has 2 aliphatic rings. The fourth-order valence-electron chi connectivity index (χ4n) is 4.30. The second-order valence-electron chi connectivity index (χ2n) is 10.5. The summed E-state index contributed by atoms with van der Waals surface area (Å²) in [5.41, 5.74) is 1.71. The molecule has 212 valence electrons. The summed E-state index contributed by atoms with van der Waals surface area (Å²) in [6, 6.07) is 5.19. The van der Waals surface area contributed by atoms with Crippen molar-refractivity contribution in [2.75, 3.05) is 28.9 Å². The number of aryl methyl sites for hydroxylation is 1. The van der Waals surface area contributed by atoms with Crippen LogP contribution in [0.2, 0.25) is 0 Å². The molecule has 7 nitrogen and oxygen atoms in total. The monoisotopic (exact) mass is 573 g/mol. The van der Waals surface area contributed by atoms with Crippen LogP contribution in [0.4, 0.5) is 16.0 Å². The first-order valence-electron chi connectivity index (χ1n) is 13.7. The molecule has 1 aliphatic heterocycles. The van der Waals surface area contributed by atoms with Gasteiger partial charge >= 0.3 is 0 Å². The number of anilines is 2. The summed E-state index contributed by atoms with van der Waals surface area (Å²) in [6.45, 7) is 14.0. The van der Waals surface area contributed by atoms with Crippen LogP contribution in [0.25, 0.3) is 4.91 Å². The van der Waals surface area contributed by atoms with E-state index < -0.39 is 16.8 Å². The highest BCUT2D eigenvalue weighted by molar-refractivity contribution is 8.11. The van der Waals surface area contributed by atoms with Crippen molar-refractivity contribution in [3.05, 3.63) is 58.7 Å². The molecule has 3 atom stereocenters. The van der Waals surface area contributed by atoms with Crippen molar-refractivity contribution < 1.29 is 13.3 Å². The van der Waals surface area contributed by atoms with E-state index >= 15 is 4.39 Å². The zero-order chi connectivity index (χ0) is 27.9. The van der Waals surface area contributed by atoms with Gasteiger partial charge in [-0.15, -0.1) is 0 Å². The first-order chi connectivity index (χ1) is 18.7. The first kappa shape index (κ1) is 29.6. The van der Waals surface area contributed by atoms with E-state index in [-0.39, 0.29) is 17.6 Å². The molecule has 1 aromatic carbocycles. The Kier molecular flexibility index (Phi) is 10.4. The number of hydrogen-bond donors (Lipinski definition) is 3. The SMILES string of the molecule is C=C(C)S/C(=C(/Oc1cc(F)c(NS(=O)CC2CC2)cc1C)C(C)CC)c1ccnc(NC2CCCNC2)n1. The molecule has 39 heavy (non-hydrogen) atoms. The van der Waals surface area contributed by atoms with Crippen LogP contribution in [-0.4, -0.2) is 39.1 Å². The number of piperidine rings is 1. The Hall–Kier alpha value is -2.43. The molecular weight excluding hydrogens is 533 g/mol. The molecule has 3 unspecified atom stereocenters. The Morgan fingerprint density at radius 1 is 1.36 bits per heavy atom. The zero-order valence-corrected chi connectivity index (χ0v) is 24.9. The van der Waals surface area contributed by atoms with Crippen molar-refractivity contribution in [2.45, 2.75) is 65.8 Å². The number of ether oxygens (including phenoxy) is 1. The lowest BCUT2D eigenvalue weighted by Gasteiger charge is -2.24. The molecule has 1 aromatic heterocycles. The average molecular weight is 574 g/mol. The Morgan fingerprint density at radius 3 is 2.82 bits per heavy atom. The number of hydrogen-bond acceptors (Lipinski definition) is 7. The number of benzene rings is 1. The van der Waals surface area contributed by atoms with Gasteiger partial charge in [0.2, 0.25) is 5.95 Å². The van der Waals surface area contributed by atoms with Crippen LogP contribution < -0.4 is 20.1 Å². The van der Waals surface area contributed by atoms with Crippen LogP contribution in [0.1, 0.15) is 64.1 Å². The smallest absolute Gasteiger partial charge is 0.223 e. The summed E-state index contributed by atoms with van der Waals surface area (Å²) >= 11 is 1.50. The maximum absolute atomic E-state index is 15.1. The molecule has 1 saturated heterocycles. The van der Waals surface area contributed by atoms with E-state index in [1.165, 1.54) is 17.8 Å². The van der Waals surface area contributed by atoms with Gasteiger partial charge in [-0.3, -0.25) is 0 Å². The van der Waals surface area contributed by atoms with Crippen molar-refractivity contribution in [1.82, 2.24) is 15.3 Å². The van der Waals surface area contributed by atoms with Gasteiger partial charge in [-0.05, 0) is 81.0 Å². The van der Waals surface area contributed by atoms with E-state index in [9.17, 15) is 4.21 Å². The zero-order valence-electron chi connectivity index (χ0n) is 23.3. The maximum Gasteiger partial charge on any atom is 0.223 e. The first-order valence-corrected chi connectivity index (χ1v) is 15.9. The second kappa shape index (κ2) is 13.8. The fraction of sp³-hybridized carbons (Fsp3) is 0.517. The summed E-state index contributed by atoms with van der Waals surface area (Å²) in [6.07, 6.45) is 6.94. The average Bonchev–Trinajstić information content (AvgIpc) is 3.72. The molecule has 0 bridgehead atoms. The number of halogens is 1. The molecule has 1 aliphatic carbocycles. The Morgan fingerprint density at radius 2 is 2.15 bits per heavy atom. The predicted octanol–water partition coefficient (Wildman–Crippen LogP) is 6.63. The lowest BCUT2D eigenvalue weighted by atomic mass is 10.1. The Bertz CT molecular complexity index is 1230.